The Morgan fingerprint density at radius 3 is 2.15 bits per heavy atom. The molecule has 0 saturated heterocycles. The van der Waals surface area contributed by atoms with Gasteiger partial charge in [0.2, 0.25) is 5.91 Å². The maximum atomic E-state index is 12.1. The summed E-state index contributed by atoms with van der Waals surface area (Å²) in [6, 6.07) is 15.7. The fourth-order valence-corrected chi connectivity index (χ4v) is 2.52. The largest absolute Gasteiger partial charge is 0.352 e. The van der Waals surface area contributed by atoms with Crippen molar-refractivity contribution in [2.45, 2.75) is 25.9 Å². The molecule has 2 aromatic rings. The zero-order valence-electron chi connectivity index (χ0n) is 15.9. The van der Waals surface area contributed by atoms with Crippen LogP contribution in [0.4, 0.5) is 0 Å². The Balaban J connectivity index is 1.78. The molecule has 0 aromatic heterocycles. The first-order valence-electron chi connectivity index (χ1n) is 8.80. The van der Waals surface area contributed by atoms with Crippen molar-refractivity contribution in [1.29, 1.82) is 0 Å². The van der Waals surface area contributed by atoms with Crippen molar-refractivity contribution >= 4 is 17.7 Å². The van der Waals surface area contributed by atoms with Gasteiger partial charge in [0.25, 0.3) is 11.8 Å². The number of nitrogens with zero attached hydrogens (tertiary/aromatic N) is 1. The molecule has 0 heterocycles. The molecule has 2 aromatic carbocycles. The van der Waals surface area contributed by atoms with Gasteiger partial charge in [0.15, 0.2) is 0 Å². The van der Waals surface area contributed by atoms with Crippen LogP contribution in [0.15, 0.2) is 54.6 Å². The molecule has 1 atom stereocenters. The van der Waals surface area contributed by atoms with Gasteiger partial charge in [0, 0.05) is 44.2 Å². The number of carbonyl (C=O) groups is 3. The Bertz CT molecular complexity index is 786. The fourth-order valence-electron chi connectivity index (χ4n) is 2.52. The lowest BCUT2D eigenvalue weighted by Crippen LogP contribution is -2.37. The van der Waals surface area contributed by atoms with E-state index in [1.54, 1.807) is 57.4 Å². The molecule has 0 aliphatic carbocycles. The molecule has 0 saturated carbocycles. The van der Waals surface area contributed by atoms with E-state index < -0.39 is 0 Å². The standard InChI is InChI=1S/C21H25N3O3/c1-15(23-20(26)17-7-5-4-6-8-17)13-19(25)22-14-16-9-11-18(12-10-16)21(27)24(2)3/h4-12,15H,13-14H2,1-3H3,(H,22,25)(H,23,26). The maximum Gasteiger partial charge on any atom is 0.253 e. The van der Waals surface area contributed by atoms with Crippen LogP contribution in [-0.2, 0) is 11.3 Å². The lowest BCUT2D eigenvalue weighted by molar-refractivity contribution is -0.121. The molecule has 2 rings (SSSR count). The molecule has 0 fully saturated rings. The van der Waals surface area contributed by atoms with Crippen molar-refractivity contribution in [1.82, 2.24) is 15.5 Å². The first-order chi connectivity index (χ1) is 12.9. The Morgan fingerprint density at radius 1 is 0.926 bits per heavy atom. The monoisotopic (exact) mass is 367 g/mol. The second-order valence-corrected chi connectivity index (χ2v) is 6.62. The van der Waals surface area contributed by atoms with Gasteiger partial charge in [-0.15, -0.1) is 0 Å². The van der Waals surface area contributed by atoms with Crippen LogP contribution in [0, 0.1) is 0 Å². The molecule has 0 aliphatic rings. The van der Waals surface area contributed by atoms with E-state index in [9.17, 15) is 14.4 Å². The highest BCUT2D eigenvalue weighted by molar-refractivity contribution is 5.94. The molecule has 6 heteroatoms. The van der Waals surface area contributed by atoms with Crippen molar-refractivity contribution in [3.8, 4) is 0 Å². The molecule has 3 amide bonds. The number of carbonyl (C=O) groups excluding carboxylic acids is 3. The molecule has 0 spiro atoms. The molecule has 0 bridgehead atoms. The maximum absolute atomic E-state index is 12.1. The lowest BCUT2D eigenvalue weighted by atomic mass is 10.1. The van der Waals surface area contributed by atoms with Crippen LogP contribution >= 0.6 is 0 Å². The third-order valence-corrected chi connectivity index (χ3v) is 4.00. The summed E-state index contributed by atoms with van der Waals surface area (Å²) < 4.78 is 0. The first kappa shape index (κ1) is 20.2. The van der Waals surface area contributed by atoms with E-state index in [0.29, 0.717) is 17.7 Å². The lowest BCUT2D eigenvalue weighted by Gasteiger charge is -2.14. The Hall–Kier alpha value is -3.15. The van der Waals surface area contributed by atoms with Crippen molar-refractivity contribution in [3.63, 3.8) is 0 Å². The fraction of sp³-hybridized carbons (Fsp3) is 0.286. The van der Waals surface area contributed by atoms with Crippen LogP contribution < -0.4 is 10.6 Å². The molecule has 6 nitrogen and oxygen atoms in total. The minimum Gasteiger partial charge on any atom is -0.352 e. The van der Waals surface area contributed by atoms with Crippen LogP contribution in [0.25, 0.3) is 0 Å². The van der Waals surface area contributed by atoms with E-state index in [1.807, 2.05) is 18.2 Å². The average Bonchev–Trinajstić information content (AvgIpc) is 2.66. The van der Waals surface area contributed by atoms with E-state index >= 15 is 0 Å². The molecular formula is C21H25N3O3. The number of amides is 3. The predicted octanol–water partition coefficient (Wildman–Crippen LogP) is 2.21. The van der Waals surface area contributed by atoms with Gasteiger partial charge < -0.3 is 15.5 Å². The number of rotatable bonds is 7. The average molecular weight is 367 g/mol. The molecule has 0 aliphatic heterocycles. The summed E-state index contributed by atoms with van der Waals surface area (Å²) in [6.45, 7) is 2.16. The van der Waals surface area contributed by atoms with Gasteiger partial charge in [-0.25, -0.2) is 0 Å². The molecule has 0 radical (unpaired) electrons. The van der Waals surface area contributed by atoms with Crippen molar-refractivity contribution in [2.75, 3.05) is 14.1 Å². The molecule has 1 unspecified atom stereocenters. The first-order valence-corrected chi connectivity index (χ1v) is 8.80. The minimum absolute atomic E-state index is 0.0615. The van der Waals surface area contributed by atoms with Gasteiger partial charge in [0.05, 0.1) is 0 Å². The summed E-state index contributed by atoms with van der Waals surface area (Å²) in [4.78, 5) is 37.5. The van der Waals surface area contributed by atoms with Gasteiger partial charge in [-0.1, -0.05) is 30.3 Å². The van der Waals surface area contributed by atoms with E-state index in [0.717, 1.165) is 5.56 Å². The smallest absolute Gasteiger partial charge is 0.253 e. The summed E-state index contributed by atoms with van der Waals surface area (Å²) in [5.41, 5.74) is 2.07. The zero-order valence-corrected chi connectivity index (χ0v) is 15.9. The molecule has 142 valence electrons. The number of hydrogen-bond acceptors (Lipinski definition) is 3. The summed E-state index contributed by atoms with van der Waals surface area (Å²) in [5.74, 6) is -0.407. The van der Waals surface area contributed by atoms with Crippen molar-refractivity contribution in [2.24, 2.45) is 0 Å². The zero-order chi connectivity index (χ0) is 19.8. The van der Waals surface area contributed by atoms with Gasteiger partial charge >= 0.3 is 0 Å². The quantitative estimate of drug-likeness (QED) is 0.788. The normalized spacial score (nSPS) is 11.4. The number of hydrogen-bond donors (Lipinski definition) is 2. The van der Waals surface area contributed by atoms with Crippen LogP contribution in [0.5, 0.6) is 0 Å². The summed E-state index contributed by atoms with van der Waals surface area (Å²) in [5, 5.41) is 5.64. The minimum atomic E-state index is -0.280. The van der Waals surface area contributed by atoms with E-state index in [1.165, 1.54) is 4.90 Å². The highest BCUT2D eigenvalue weighted by Crippen LogP contribution is 2.07. The van der Waals surface area contributed by atoms with Crippen molar-refractivity contribution < 1.29 is 14.4 Å². The molecular weight excluding hydrogens is 342 g/mol. The number of benzene rings is 2. The number of nitrogens with one attached hydrogen (secondary N) is 2. The van der Waals surface area contributed by atoms with Crippen LogP contribution in [0.2, 0.25) is 0 Å². The Morgan fingerprint density at radius 2 is 1.56 bits per heavy atom. The third kappa shape index (κ3) is 6.26. The summed E-state index contributed by atoms with van der Waals surface area (Å²) in [6.07, 6.45) is 0.190. The Labute approximate surface area is 159 Å². The summed E-state index contributed by atoms with van der Waals surface area (Å²) in [7, 11) is 3.41. The second kappa shape index (κ2) is 9.52. The second-order valence-electron chi connectivity index (χ2n) is 6.62. The van der Waals surface area contributed by atoms with Gasteiger partial charge in [0.1, 0.15) is 0 Å². The van der Waals surface area contributed by atoms with Crippen LogP contribution in [0.3, 0.4) is 0 Å². The molecule has 2 N–H and O–H groups in total. The predicted molar refractivity (Wildman–Crippen MR) is 104 cm³/mol. The van der Waals surface area contributed by atoms with Gasteiger partial charge in [-0.2, -0.15) is 0 Å². The van der Waals surface area contributed by atoms with Gasteiger partial charge in [-0.05, 0) is 36.8 Å². The summed E-state index contributed by atoms with van der Waals surface area (Å²) >= 11 is 0. The van der Waals surface area contributed by atoms with E-state index in [4.69, 9.17) is 0 Å². The Kier molecular flexibility index (Phi) is 7.11. The topological polar surface area (TPSA) is 78.5 Å². The van der Waals surface area contributed by atoms with E-state index in [2.05, 4.69) is 10.6 Å². The highest BCUT2D eigenvalue weighted by atomic mass is 16.2. The van der Waals surface area contributed by atoms with Crippen LogP contribution in [-0.4, -0.2) is 42.8 Å². The highest BCUT2D eigenvalue weighted by Gasteiger charge is 2.13. The van der Waals surface area contributed by atoms with Gasteiger partial charge in [-0.3, -0.25) is 14.4 Å². The molecule has 27 heavy (non-hydrogen) atoms. The van der Waals surface area contributed by atoms with Crippen LogP contribution in [0.1, 0.15) is 39.6 Å². The third-order valence-electron chi connectivity index (χ3n) is 4.00. The van der Waals surface area contributed by atoms with E-state index in [-0.39, 0.29) is 30.2 Å². The van der Waals surface area contributed by atoms with Crippen molar-refractivity contribution in [3.05, 3.63) is 71.3 Å². The SMILES string of the molecule is CC(CC(=O)NCc1ccc(C(=O)N(C)C)cc1)NC(=O)c1ccccc1.